The Hall–Kier alpha value is -6.91. The van der Waals surface area contributed by atoms with Crippen molar-refractivity contribution >= 4 is 43.5 Å². The predicted octanol–water partition coefficient (Wildman–Crippen LogP) is 14.8. The first-order valence-corrected chi connectivity index (χ1v) is 20.6. The van der Waals surface area contributed by atoms with Gasteiger partial charge in [0.1, 0.15) is 11.2 Å². The van der Waals surface area contributed by atoms with E-state index in [0.717, 1.165) is 71.5 Å². The molecule has 10 aromatic rings. The van der Waals surface area contributed by atoms with Gasteiger partial charge < -0.3 is 4.42 Å². The number of para-hydroxylation sites is 1. The lowest BCUT2D eigenvalue weighted by atomic mass is 9.63. The molecule has 11 rings (SSSR count). The van der Waals surface area contributed by atoms with Crippen LogP contribution in [0.4, 0.5) is 0 Å². The number of furan rings is 1. The summed E-state index contributed by atoms with van der Waals surface area (Å²) in [5.41, 5.74) is 12.4. The van der Waals surface area contributed by atoms with Gasteiger partial charge in [-0.2, -0.15) is 0 Å². The van der Waals surface area contributed by atoms with Crippen molar-refractivity contribution in [2.45, 2.75) is 51.4 Å². The van der Waals surface area contributed by atoms with E-state index in [-0.39, 0.29) is 10.8 Å². The number of hydrogen-bond acceptors (Lipinski definition) is 4. The van der Waals surface area contributed by atoms with E-state index in [0.29, 0.717) is 17.5 Å². The lowest BCUT2D eigenvalue weighted by Gasteiger charge is -2.42. The second-order valence-electron chi connectivity index (χ2n) is 17.5. The Kier molecular flexibility index (Phi) is 7.96. The van der Waals surface area contributed by atoms with E-state index in [1.807, 2.05) is 12.1 Å². The molecule has 0 bridgehead atoms. The fourth-order valence-corrected chi connectivity index (χ4v) is 9.42. The standard InChI is InChI=1S/C55H43N3O/c1-54(2)29-30-55(3,4)47-33-37(25-28-46(47)54)36-15-11-16-38(32-36)51-56-52(39-24-23-34-13-5-6-14-35(34)31-39)58-53(57-51)44-27-26-42(40-17-7-8-18-41(40)44)43-20-12-22-49-50(43)45-19-9-10-21-48(45)59-49/h5-28,31-33H,29-30H2,1-4H3. The maximum Gasteiger partial charge on any atom is 0.164 e. The molecule has 0 saturated heterocycles. The summed E-state index contributed by atoms with van der Waals surface area (Å²) < 4.78 is 6.31. The van der Waals surface area contributed by atoms with E-state index in [4.69, 9.17) is 19.4 Å². The lowest BCUT2D eigenvalue weighted by molar-refractivity contribution is 0.332. The highest BCUT2D eigenvalue weighted by Crippen LogP contribution is 2.47. The fourth-order valence-electron chi connectivity index (χ4n) is 9.42. The third-order valence-electron chi connectivity index (χ3n) is 12.8. The molecule has 0 aliphatic heterocycles. The average Bonchev–Trinajstić information content (AvgIpc) is 3.66. The Bertz CT molecular complexity index is 3300. The van der Waals surface area contributed by atoms with Crippen LogP contribution in [0.2, 0.25) is 0 Å². The highest BCUT2D eigenvalue weighted by molar-refractivity contribution is 6.16. The minimum Gasteiger partial charge on any atom is -0.456 e. The Balaban J connectivity index is 1.09. The summed E-state index contributed by atoms with van der Waals surface area (Å²) in [4.78, 5) is 15.8. The molecule has 2 aromatic heterocycles. The zero-order valence-electron chi connectivity index (χ0n) is 33.8. The van der Waals surface area contributed by atoms with Crippen LogP contribution in [0, 0.1) is 0 Å². The van der Waals surface area contributed by atoms with Crippen LogP contribution >= 0.6 is 0 Å². The summed E-state index contributed by atoms with van der Waals surface area (Å²) in [6, 6.07) is 58.2. The van der Waals surface area contributed by atoms with Gasteiger partial charge in [-0.15, -0.1) is 0 Å². The Morgan fingerprint density at radius 3 is 1.78 bits per heavy atom. The second-order valence-corrected chi connectivity index (χ2v) is 17.5. The molecular formula is C55H43N3O. The molecule has 59 heavy (non-hydrogen) atoms. The summed E-state index contributed by atoms with van der Waals surface area (Å²) in [7, 11) is 0. The molecule has 284 valence electrons. The molecule has 0 saturated carbocycles. The molecule has 0 atom stereocenters. The average molecular weight is 762 g/mol. The van der Waals surface area contributed by atoms with E-state index >= 15 is 0 Å². The largest absolute Gasteiger partial charge is 0.456 e. The number of rotatable bonds is 5. The number of benzene rings is 8. The van der Waals surface area contributed by atoms with E-state index in [1.165, 1.54) is 34.9 Å². The van der Waals surface area contributed by atoms with Crippen LogP contribution in [0.15, 0.2) is 168 Å². The maximum absolute atomic E-state index is 6.31. The highest BCUT2D eigenvalue weighted by atomic mass is 16.3. The molecular weight excluding hydrogens is 719 g/mol. The molecule has 0 radical (unpaired) electrons. The van der Waals surface area contributed by atoms with Gasteiger partial charge in [0.15, 0.2) is 17.5 Å². The van der Waals surface area contributed by atoms with Crippen LogP contribution in [-0.2, 0) is 10.8 Å². The van der Waals surface area contributed by atoms with E-state index in [2.05, 4.69) is 179 Å². The quantitative estimate of drug-likeness (QED) is 0.175. The summed E-state index contributed by atoms with van der Waals surface area (Å²) in [6.07, 6.45) is 2.37. The van der Waals surface area contributed by atoms with Crippen molar-refractivity contribution in [1.29, 1.82) is 0 Å². The molecule has 0 unspecified atom stereocenters. The number of hydrogen-bond donors (Lipinski definition) is 0. The molecule has 0 N–H and O–H groups in total. The molecule has 4 heteroatoms. The third-order valence-corrected chi connectivity index (χ3v) is 12.8. The van der Waals surface area contributed by atoms with Crippen molar-refractivity contribution in [2.75, 3.05) is 0 Å². The summed E-state index contributed by atoms with van der Waals surface area (Å²) in [5, 5.41) is 6.75. The number of aromatic nitrogens is 3. The van der Waals surface area contributed by atoms with Crippen LogP contribution in [-0.4, -0.2) is 15.0 Å². The van der Waals surface area contributed by atoms with E-state index < -0.39 is 0 Å². The van der Waals surface area contributed by atoms with Gasteiger partial charge in [0, 0.05) is 27.5 Å². The SMILES string of the molecule is CC1(C)CCC(C)(C)c2cc(-c3cccc(-c4nc(-c5ccc6ccccc6c5)nc(-c5ccc(-c6cccc7oc8ccccc8c67)c6ccccc56)n4)c3)ccc21. The first-order chi connectivity index (χ1) is 28.7. The highest BCUT2D eigenvalue weighted by Gasteiger charge is 2.37. The van der Waals surface area contributed by atoms with Crippen LogP contribution in [0.25, 0.3) is 99.9 Å². The Labute approximate surface area is 344 Å². The van der Waals surface area contributed by atoms with Gasteiger partial charge in [-0.05, 0) is 109 Å². The normalized spacial score (nSPS) is 14.6. The maximum atomic E-state index is 6.31. The third kappa shape index (κ3) is 5.93. The van der Waals surface area contributed by atoms with Crippen LogP contribution in [0.1, 0.15) is 51.7 Å². The molecule has 8 aromatic carbocycles. The van der Waals surface area contributed by atoms with Crippen molar-refractivity contribution in [1.82, 2.24) is 15.0 Å². The topological polar surface area (TPSA) is 51.8 Å². The monoisotopic (exact) mass is 761 g/mol. The number of fused-ring (bicyclic) bond motifs is 6. The molecule has 1 aliphatic rings. The van der Waals surface area contributed by atoms with E-state index in [1.54, 1.807) is 0 Å². The van der Waals surface area contributed by atoms with E-state index in [9.17, 15) is 0 Å². The fraction of sp³-hybridized carbons (Fsp3) is 0.145. The molecule has 2 heterocycles. The Morgan fingerprint density at radius 2 is 0.966 bits per heavy atom. The number of nitrogens with zero attached hydrogens (tertiary/aromatic N) is 3. The zero-order chi connectivity index (χ0) is 39.9. The first-order valence-electron chi connectivity index (χ1n) is 20.6. The van der Waals surface area contributed by atoms with Crippen LogP contribution in [0.3, 0.4) is 0 Å². The van der Waals surface area contributed by atoms with Gasteiger partial charge in [0.25, 0.3) is 0 Å². The van der Waals surface area contributed by atoms with Crippen LogP contribution < -0.4 is 0 Å². The van der Waals surface area contributed by atoms with Crippen molar-refractivity contribution in [3.63, 3.8) is 0 Å². The zero-order valence-corrected chi connectivity index (χ0v) is 33.8. The summed E-state index contributed by atoms with van der Waals surface area (Å²) >= 11 is 0. The van der Waals surface area contributed by atoms with Crippen LogP contribution in [0.5, 0.6) is 0 Å². The second kappa shape index (κ2) is 13.3. The molecule has 1 aliphatic carbocycles. The van der Waals surface area contributed by atoms with Gasteiger partial charge in [0.2, 0.25) is 0 Å². The summed E-state index contributed by atoms with van der Waals surface area (Å²) in [6.45, 7) is 9.53. The van der Waals surface area contributed by atoms with Gasteiger partial charge in [-0.25, -0.2) is 15.0 Å². The first kappa shape index (κ1) is 35.3. The van der Waals surface area contributed by atoms with Gasteiger partial charge in [-0.3, -0.25) is 0 Å². The minimum absolute atomic E-state index is 0.119. The van der Waals surface area contributed by atoms with Crippen molar-refractivity contribution < 1.29 is 4.42 Å². The molecule has 0 fully saturated rings. The van der Waals surface area contributed by atoms with Gasteiger partial charge in [0.05, 0.1) is 0 Å². The molecule has 0 amide bonds. The van der Waals surface area contributed by atoms with Crippen molar-refractivity contribution in [3.8, 4) is 56.4 Å². The smallest absolute Gasteiger partial charge is 0.164 e. The minimum atomic E-state index is 0.119. The van der Waals surface area contributed by atoms with Crippen molar-refractivity contribution in [2.24, 2.45) is 0 Å². The van der Waals surface area contributed by atoms with Gasteiger partial charge >= 0.3 is 0 Å². The Morgan fingerprint density at radius 1 is 0.390 bits per heavy atom. The summed E-state index contributed by atoms with van der Waals surface area (Å²) in [5.74, 6) is 1.92. The van der Waals surface area contributed by atoms with Gasteiger partial charge in [-0.1, -0.05) is 161 Å². The lowest BCUT2D eigenvalue weighted by Crippen LogP contribution is -2.33. The predicted molar refractivity (Wildman–Crippen MR) is 245 cm³/mol. The molecule has 4 nitrogen and oxygen atoms in total. The van der Waals surface area contributed by atoms with Crippen molar-refractivity contribution in [3.05, 3.63) is 175 Å². The molecule has 0 spiro atoms.